The summed E-state index contributed by atoms with van der Waals surface area (Å²) in [5, 5.41) is 7.70. The molecule has 2 amide bonds. The molecule has 2 N–H and O–H groups in total. The van der Waals surface area contributed by atoms with Crippen molar-refractivity contribution in [3.63, 3.8) is 0 Å². The van der Waals surface area contributed by atoms with E-state index in [9.17, 15) is 4.79 Å². The van der Waals surface area contributed by atoms with Crippen LogP contribution in [0.15, 0.2) is 24.3 Å². The number of urea groups is 1. The molecule has 1 aromatic rings. The number of rotatable bonds is 2. The zero-order valence-corrected chi connectivity index (χ0v) is 17.1. The van der Waals surface area contributed by atoms with E-state index < -0.39 is 0 Å². The molecule has 0 aromatic heterocycles. The first kappa shape index (κ1) is 19.3. The van der Waals surface area contributed by atoms with Crippen LogP contribution < -0.4 is 15.5 Å². The van der Waals surface area contributed by atoms with Crippen LogP contribution >= 0.6 is 11.6 Å². The Kier molecular flexibility index (Phi) is 5.40. The number of para-hydroxylation sites is 1. The molecule has 0 unspecified atom stereocenters. The van der Waals surface area contributed by atoms with Crippen molar-refractivity contribution < 1.29 is 4.79 Å². The first-order chi connectivity index (χ1) is 12.2. The van der Waals surface area contributed by atoms with Crippen LogP contribution in [0.2, 0.25) is 5.02 Å². The molecule has 0 radical (unpaired) electrons. The molecular formula is C20H31ClN4O. The van der Waals surface area contributed by atoms with E-state index in [-0.39, 0.29) is 23.2 Å². The fourth-order valence-corrected chi connectivity index (χ4v) is 4.80. The summed E-state index contributed by atoms with van der Waals surface area (Å²) in [6.07, 6.45) is 1.89. The molecule has 1 aromatic carbocycles. The third kappa shape index (κ3) is 4.63. The van der Waals surface area contributed by atoms with Crippen molar-refractivity contribution in [1.82, 2.24) is 15.5 Å². The predicted octanol–water partition coefficient (Wildman–Crippen LogP) is 3.48. The van der Waals surface area contributed by atoms with Gasteiger partial charge in [0.05, 0.1) is 10.7 Å². The van der Waals surface area contributed by atoms with Gasteiger partial charge in [-0.2, -0.15) is 0 Å². The van der Waals surface area contributed by atoms with Gasteiger partial charge in [-0.05, 0) is 52.7 Å². The molecule has 0 spiro atoms. The summed E-state index contributed by atoms with van der Waals surface area (Å²) in [6, 6.07) is 8.16. The highest BCUT2D eigenvalue weighted by atomic mass is 35.5. The number of piperidine rings is 1. The molecule has 26 heavy (non-hydrogen) atoms. The van der Waals surface area contributed by atoms with Gasteiger partial charge in [-0.15, -0.1) is 0 Å². The number of anilines is 1. The highest BCUT2D eigenvalue weighted by molar-refractivity contribution is 6.33. The Hall–Kier alpha value is -1.46. The highest BCUT2D eigenvalue weighted by Gasteiger charge is 2.38. The summed E-state index contributed by atoms with van der Waals surface area (Å²) in [5.41, 5.74) is 1.11. The molecule has 0 atom stereocenters. The highest BCUT2D eigenvalue weighted by Crippen LogP contribution is 2.29. The minimum absolute atomic E-state index is 0.0302. The van der Waals surface area contributed by atoms with Crippen LogP contribution in [0.3, 0.4) is 0 Å². The fraction of sp³-hybridized carbons (Fsp3) is 0.650. The molecule has 0 saturated carbocycles. The van der Waals surface area contributed by atoms with E-state index >= 15 is 0 Å². The standard InChI is InChI=1S/C20H31ClN4O/c1-19(2)13-15(14-20(3,4)23-19)22-18(26)25-11-9-24(10-12-25)17-8-6-5-7-16(17)21/h5-8,15,23H,9-14H2,1-4H3,(H,22,26). The normalized spacial score (nSPS) is 23.0. The Morgan fingerprint density at radius 3 is 2.23 bits per heavy atom. The number of carbonyl (C=O) groups is 1. The Bertz CT molecular complexity index is 637. The number of piperazine rings is 1. The van der Waals surface area contributed by atoms with Gasteiger partial charge < -0.3 is 20.4 Å². The van der Waals surface area contributed by atoms with Crippen LogP contribution in [0.5, 0.6) is 0 Å². The maximum absolute atomic E-state index is 12.7. The van der Waals surface area contributed by atoms with Gasteiger partial charge in [0.2, 0.25) is 0 Å². The zero-order valence-electron chi connectivity index (χ0n) is 16.3. The number of benzene rings is 1. The summed E-state index contributed by atoms with van der Waals surface area (Å²) < 4.78 is 0. The molecule has 2 heterocycles. The summed E-state index contributed by atoms with van der Waals surface area (Å²) in [7, 11) is 0. The topological polar surface area (TPSA) is 47.6 Å². The molecular weight excluding hydrogens is 348 g/mol. The second-order valence-corrected chi connectivity index (χ2v) is 9.28. The van der Waals surface area contributed by atoms with Crippen molar-refractivity contribution in [3.05, 3.63) is 29.3 Å². The molecule has 6 heteroatoms. The van der Waals surface area contributed by atoms with Crippen LogP contribution in [0, 0.1) is 0 Å². The Balaban J connectivity index is 1.55. The summed E-state index contributed by atoms with van der Waals surface area (Å²) in [6.45, 7) is 11.9. The summed E-state index contributed by atoms with van der Waals surface area (Å²) in [5.74, 6) is 0. The fourth-order valence-electron chi connectivity index (χ4n) is 4.55. The van der Waals surface area contributed by atoms with E-state index in [0.29, 0.717) is 0 Å². The van der Waals surface area contributed by atoms with Gasteiger partial charge in [0, 0.05) is 43.3 Å². The van der Waals surface area contributed by atoms with Crippen LogP contribution in [0.4, 0.5) is 10.5 Å². The van der Waals surface area contributed by atoms with Gasteiger partial charge in [-0.1, -0.05) is 23.7 Å². The first-order valence-electron chi connectivity index (χ1n) is 9.49. The smallest absolute Gasteiger partial charge is 0.317 e. The molecule has 0 bridgehead atoms. The van der Waals surface area contributed by atoms with Crippen molar-refractivity contribution in [1.29, 1.82) is 0 Å². The minimum atomic E-state index is 0.0302. The van der Waals surface area contributed by atoms with Crippen molar-refractivity contribution in [3.8, 4) is 0 Å². The number of nitrogens with zero attached hydrogens (tertiary/aromatic N) is 2. The number of amides is 2. The van der Waals surface area contributed by atoms with Crippen LogP contribution in [0.1, 0.15) is 40.5 Å². The van der Waals surface area contributed by atoms with E-state index in [2.05, 4.69) is 43.2 Å². The van der Waals surface area contributed by atoms with Crippen LogP contribution in [-0.2, 0) is 0 Å². The predicted molar refractivity (Wildman–Crippen MR) is 108 cm³/mol. The van der Waals surface area contributed by atoms with Crippen LogP contribution in [-0.4, -0.2) is 54.2 Å². The first-order valence-corrected chi connectivity index (χ1v) is 9.87. The lowest BCUT2D eigenvalue weighted by Gasteiger charge is -2.47. The largest absolute Gasteiger partial charge is 0.367 e. The maximum atomic E-state index is 12.7. The average molecular weight is 379 g/mol. The number of carbonyl (C=O) groups excluding carboxylic acids is 1. The van der Waals surface area contributed by atoms with Crippen molar-refractivity contribution in [2.24, 2.45) is 0 Å². The molecule has 144 valence electrons. The van der Waals surface area contributed by atoms with E-state index in [0.717, 1.165) is 49.7 Å². The zero-order chi connectivity index (χ0) is 18.9. The number of halogens is 1. The van der Waals surface area contributed by atoms with E-state index in [1.54, 1.807) is 0 Å². The second-order valence-electron chi connectivity index (χ2n) is 8.87. The molecule has 0 aliphatic carbocycles. The van der Waals surface area contributed by atoms with E-state index in [4.69, 9.17) is 11.6 Å². The summed E-state index contributed by atoms with van der Waals surface area (Å²) in [4.78, 5) is 16.9. The van der Waals surface area contributed by atoms with Crippen LogP contribution in [0.25, 0.3) is 0 Å². The number of hydrogen-bond donors (Lipinski definition) is 2. The third-order valence-corrected chi connectivity index (χ3v) is 5.60. The minimum Gasteiger partial charge on any atom is -0.367 e. The number of nitrogens with one attached hydrogen (secondary N) is 2. The quantitative estimate of drug-likeness (QED) is 0.828. The van der Waals surface area contributed by atoms with Gasteiger partial charge in [0.1, 0.15) is 0 Å². The lowest BCUT2D eigenvalue weighted by molar-refractivity contribution is 0.138. The average Bonchev–Trinajstić information content (AvgIpc) is 2.52. The van der Waals surface area contributed by atoms with Gasteiger partial charge in [-0.25, -0.2) is 4.79 Å². The van der Waals surface area contributed by atoms with Gasteiger partial charge in [0.25, 0.3) is 0 Å². The Labute approximate surface area is 162 Å². The Morgan fingerprint density at radius 2 is 1.65 bits per heavy atom. The van der Waals surface area contributed by atoms with Crippen molar-refractivity contribution in [2.45, 2.75) is 57.7 Å². The SMILES string of the molecule is CC1(C)CC(NC(=O)N2CCN(c3ccccc3Cl)CC2)CC(C)(C)N1. The third-order valence-electron chi connectivity index (χ3n) is 5.28. The molecule has 3 rings (SSSR count). The number of hydrogen-bond acceptors (Lipinski definition) is 3. The van der Waals surface area contributed by atoms with Crippen molar-refractivity contribution in [2.75, 3.05) is 31.1 Å². The lowest BCUT2D eigenvalue weighted by atomic mass is 9.80. The van der Waals surface area contributed by atoms with E-state index in [1.807, 2.05) is 29.2 Å². The van der Waals surface area contributed by atoms with Gasteiger partial charge in [-0.3, -0.25) is 0 Å². The van der Waals surface area contributed by atoms with Gasteiger partial charge >= 0.3 is 6.03 Å². The molecule has 2 fully saturated rings. The molecule has 2 aliphatic rings. The lowest BCUT2D eigenvalue weighted by Crippen LogP contribution is -2.63. The van der Waals surface area contributed by atoms with E-state index in [1.165, 1.54) is 0 Å². The molecule has 2 aliphatic heterocycles. The summed E-state index contributed by atoms with van der Waals surface area (Å²) >= 11 is 6.30. The monoisotopic (exact) mass is 378 g/mol. The van der Waals surface area contributed by atoms with Gasteiger partial charge in [0.15, 0.2) is 0 Å². The molecule has 5 nitrogen and oxygen atoms in total. The Morgan fingerprint density at radius 1 is 1.08 bits per heavy atom. The van der Waals surface area contributed by atoms with Crippen molar-refractivity contribution >= 4 is 23.3 Å². The second kappa shape index (κ2) is 7.28. The maximum Gasteiger partial charge on any atom is 0.317 e. The molecule has 2 saturated heterocycles.